The van der Waals surface area contributed by atoms with Crippen LogP contribution in [0.25, 0.3) is 0 Å². The fourth-order valence-corrected chi connectivity index (χ4v) is 2.34. The average Bonchev–Trinajstić information content (AvgIpc) is 2.72. The maximum atomic E-state index is 12.3. The Morgan fingerprint density at radius 1 is 1.47 bits per heavy atom. The highest BCUT2D eigenvalue weighted by Gasteiger charge is 2.36. The lowest BCUT2D eigenvalue weighted by Crippen LogP contribution is -2.37. The van der Waals surface area contributed by atoms with Crippen molar-refractivity contribution in [3.05, 3.63) is 25.3 Å². The lowest BCUT2D eigenvalue weighted by molar-refractivity contribution is -0.134. The van der Waals surface area contributed by atoms with Crippen LogP contribution < -0.4 is 5.73 Å². The molecule has 1 aliphatic heterocycles. The lowest BCUT2D eigenvalue weighted by Gasteiger charge is -2.25. The fourth-order valence-electron chi connectivity index (χ4n) is 2.34. The minimum absolute atomic E-state index is 0.00474. The molecule has 1 rings (SSSR count). The van der Waals surface area contributed by atoms with Crippen LogP contribution in [-0.2, 0) is 4.79 Å². The predicted molar refractivity (Wildman–Crippen MR) is 71.5 cm³/mol. The summed E-state index contributed by atoms with van der Waals surface area (Å²) in [5, 5.41) is 0. The van der Waals surface area contributed by atoms with Crippen LogP contribution >= 0.6 is 0 Å². The first kappa shape index (κ1) is 14.0. The number of hydrogen-bond acceptors (Lipinski definition) is 2. The first-order valence-electron chi connectivity index (χ1n) is 6.27. The molecule has 1 aliphatic rings. The van der Waals surface area contributed by atoms with Crippen molar-refractivity contribution in [1.82, 2.24) is 4.90 Å². The summed E-state index contributed by atoms with van der Waals surface area (Å²) in [5.74, 6) is 0.229. The molecule has 0 aliphatic carbocycles. The number of allylic oxidation sites excluding steroid dienone is 2. The highest BCUT2D eigenvalue weighted by Crippen LogP contribution is 2.30. The van der Waals surface area contributed by atoms with Gasteiger partial charge in [0.25, 0.3) is 0 Å². The Balaban J connectivity index is 2.63. The molecule has 1 atom stereocenters. The van der Waals surface area contributed by atoms with E-state index in [0.29, 0.717) is 6.54 Å². The second-order valence-corrected chi connectivity index (χ2v) is 5.27. The van der Waals surface area contributed by atoms with E-state index in [9.17, 15) is 4.79 Å². The van der Waals surface area contributed by atoms with Crippen LogP contribution in [0.3, 0.4) is 0 Å². The Morgan fingerprint density at radius 2 is 2.06 bits per heavy atom. The van der Waals surface area contributed by atoms with Gasteiger partial charge in [-0.1, -0.05) is 19.1 Å². The maximum Gasteiger partial charge on any atom is 0.226 e. The van der Waals surface area contributed by atoms with Gasteiger partial charge < -0.3 is 10.6 Å². The maximum absolute atomic E-state index is 12.3. The van der Waals surface area contributed by atoms with Gasteiger partial charge in [-0.2, -0.15) is 0 Å². The Bertz CT molecular complexity index is 291. The minimum Gasteiger partial charge on any atom is -0.342 e. The molecule has 0 saturated carbocycles. The number of nitrogens with zero attached hydrogens (tertiary/aromatic N) is 1. The summed E-state index contributed by atoms with van der Waals surface area (Å²) in [5.41, 5.74) is 5.85. The van der Waals surface area contributed by atoms with Gasteiger partial charge in [0.2, 0.25) is 5.91 Å². The van der Waals surface area contributed by atoms with Crippen molar-refractivity contribution in [2.24, 2.45) is 17.1 Å². The summed E-state index contributed by atoms with van der Waals surface area (Å²) >= 11 is 0. The zero-order valence-electron chi connectivity index (χ0n) is 10.8. The van der Waals surface area contributed by atoms with Crippen molar-refractivity contribution in [1.29, 1.82) is 0 Å². The van der Waals surface area contributed by atoms with Crippen molar-refractivity contribution < 1.29 is 4.79 Å². The predicted octanol–water partition coefficient (Wildman–Crippen LogP) is 1.95. The summed E-state index contributed by atoms with van der Waals surface area (Å²) in [6, 6.07) is 0. The summed E-state index contributed by atoms with van der Waals surface area (Å²) < 4.78 is 0. The smallest absolute Gasteiger partial charge is 0.226 e. The molecule has 0 radical (unpaired) electrons. The molecule has 0 bridgehead atoms. The molecule has 3 nitrogen and oxygen atoms in total. The van der Waals surface area contributed by atoms with Gasteiger partial charge in [-0.05, 0) is 31.2 Å². The third-order valence-electron chi connectivity index (χ3n) is 3.61. The molecule has 1 saturated heterocycles. The zero-order valence-corrected chi connectivity index (χ0v) is 10.8. The summed E-state index contributed by atoms with van der Waals surface area (Å²) in [4.78, 5) is 14.3. The van der Waals surface area contributed by atoms with Gasteiger partial charge in [0.05, 0.1) is 0 Å². The molecule has 2 N–H and O–H groups in total. The highest BCUT2D eigenvalue weighted by molar-refractivity contribution is 5.79. The van der Waals surface area contributed by atoms with Crippen LogP contribution in [0.4, 0.5) is 0 Å². The standard InChI is InChI=1S/C14H24N2O/c1-4-6-12(7-5-2)13(17)16-9-8-14(3,10-15)11-16/h4-5,12H,1-2,6-11,15H2,3H3. The van der Waals surface area contributed by atoms with E-state index in [0.717, 1.165) is 32.4 Å². The Morgan fingerprint density at radius 3 is 2.47 bits per heavy atom. The third-order valence-corrected chi connectivity index (χ3v) is 3.61. The molecule has 0 aromatic carbocycles. The molecule has 1 heterocycles. The SMILES string of the molecule is C=CCC(CC=C)C(=O)N1CCC(C)(CN)C1. The van der Waals surface area contributed by atoms with Crippen molar-refractivity contribution >= 4 is 5.91 Å². The zero-order chi connectivity index (χ0) is 12.9. The van der Waals surface area contributed by atoms with Crippen molar-refractivity contribution in [2.75, 3.05) is 19.6 Å². The van der Waals surface area contributed by atoms with Crippen LogP contribution in [0.2, 0.25) is 0 Å². The molecule has 0 aromatic rings. The van der Waals surface area contributed by atoms with Gasteiger partial charge in [-0.25, -0.2) is 0 Å². The molecule has 0 aromatic heterocycles. The normalized spacial score (nSPS) is 24.1. The van der Waals surface area contributed by atoms with E-state index in [4.69, 9.17) is 5.73 Å². The van der Waals surface area contributed by atoms with Gasteiger partial charge in [-0.15, -0.1) is 13.2 Å². The number of carbonyl (C=O) groups is 1. The first-order chi connectivity index (χ1) is 8.06. The van der Waals surface area contributed by atoms with Gasteiger partial charge in [0.1, 0.15) is 0 Å². The summed E-state index contributed by atoms with van der Waals surface area (Å²) in [6.45, 7) is 11.8. The van der Waals surface area contributed by atoms with Crippen LogP contribution in [-0.4, -0.2) is 30.4 Å². The molecule has 1 amide bonds. The van der Waals surface area contributed by atoms with E-state index in [2.05, 4.69) is 20.1 Å². The van der Waals surface area contributed by atoms with Gasteiger partial charge in [-0.3, -0.25) is 4.79 Å². The fraction of sp³-hybridized carbons (Fsp3) is 0.643. The number of nitrogens with two attached hydrogens (primary N) is 1. The number of likely N-dealkylation sites (tertiary alicyclic amines) is 1. The number of carbonyl (C=O) groups excluding carboxylic acids is 1. The molecular formula is C14H24N2O. The number of hydrogen-bond donors (Lipinski definition) is 1. The number of rotatable bonds is 6. The topological polar surface area (TPSA) is 46.3 Å². The molecular weight excluding hydrogens is 212 g/mol. The minimum atomic E-state index is 0.00474. The van der Waals surface area contributed by atoms with Gasteiger partial charge in [0.15, 0.2) is 0 Å². The van der Waals surface area contributed by atoms with E-state index in [1.165, 1.54) is 0 Å². The van der Waals surface area contributed by atoms with E-state index >= 15 is 0 Å². The Labute approximate surface area is 104 Å². The molecule has 1 unspecified atom stereocenters. The second kappa shape index (κ2) is 6.01. The van der Waals surface area contributed by atoms with Gasteiger partial charge >= 0.3 is 0 Å². The van der Waals surface area contributed by atoms with E-state index in [-0.39, 0.29) is 17.2 Å². The second-order valence-electron chi connectivity index (χ2n) is 5.27. The quantitative estimate of drug-likeness (QED) is 0.717. The van der Waals surface area contributed by atoms with Crippen LogP contribution in [0.15, 0.2) is 25.3 Å². The highest BCUT2D eigenvalue weighted by atomic mass is 16.2. The van der Waals surface area contributed by atoms with E-state index in [1.807, 2.05) is 17.1 Å². The Kier molecular flexibility index (Phi) is 4.94. The largest absolute Gasteiger partial charge is 0.342 e. The van der Waals surface area contributed by atoms with Crippen molar-refractivity contribution in [2.45, 2.75) is 26.2 Å². The first-order valence-corrected chi connectivity index (χ1v) is 6.27. The van der Waals surface area contributed by atoms with Crippen LogP contribution in [0.5, 0.6) is 0 Å². The van der Waals surface area contributed by atoms with Crippen molar-refractivity contribution in [3.63, 3.8) is 0 Å². The summed E-state index contributed by atoms with van der Waals surface area (Å²) in [7, 11) is 0. The lowest BCUT2D eigenvalue weighted by atomic mass is 9.90. The van der Waals surface area contributed by atoms with E-state index < -0.39 is 0 Å². The third kappa shape index (κ3) is 3.43. The Hall–Kier alpha value is -1.09. The number of amides is 1. The molecule has 3 heteroatoms. The molecule has 17 heavy (non-hydrogen) atoms. The van der Waals surface area contributed by atoms with Crippen LogP contribution in [0.1, 0.15) is 26.2 Å². The molecule has 96 valence electrons. The monoisotopic (exact) mass is 236 g/mol. The van der Waals surface area contributed by atoms with Gasteiger partial charge in [0, 0.05) is 19.0 Å². The molecule has 0 spiro atoms. The average molecular weight is 236 g/mol. The summed E-state index contributed by atoms with van der Waals surface area (Å²) in [6.07, 6.45) is 6.07. The van der Waals surface area contributed by atoms with Crippen LogP contribution in [0, 0.1) is 11.3 Å². The van der Waals surface area contributed by atoms with Crippen molar-refractivity contribution in [3.8, 4) is 0 Å². The van der Waals surface area contributed by atoms with E-state index in [1.54, 1.807) is 0 Å². The molecule has 1 fully saturated rings.